The van der Waals surface area contributed by atoms with Crippen LogP contribution in [0.2, 0.25) is 0 Å². The zero-order valence-electron chi connectivity index (χ0n) is 12.6. The first-order chi connectivity index (χ1) is 10.5. The summed E-state index contributed by atoms with van der Waals surface area (Å²) in [7, 11) is 1.30. The standard InChI is InChI=1S/C16H20N2O4/c1-22-16(21)12-6-4-5-11(9-12)15(20)18-8-3-2-7-13(18)10-14(17)19/h4-6,9,13H,2-3,7-8,10H2,1H3,(H2,17,19)/t13-/m0/s1. The first-order valence-electron chi connectivity index (χ1n) is 7.30. The number of piperidine rings is 1. The third kappa shape index (κ3) is 3.63. The van der Waals surface area contributed by atoms with E-state index >= 15 is 0 Å². The quantitative estimate of drug-likeness (QED) is 0.850. The van der Waals surface area contributed by atoms with Gasteiger partial charge in [0.2, 0.25) is 5.91 Å². The lowest BCUT2D eigenvalue weighted by Crippen LogP contribution is -2.45. The van der Waals surface area contributed by atoms with E-state index in [0.717, 1.165) is 19.3 Å². The van der Waals surface area contributed by atoms with E-state index < -0.39 is 11.9 Å². The fraction of sp³-hybridized carbons (Fsp3) is 0.438. The number of methoxy groups -OCH3 is 1. The Labute approximate surface area is 129 Å². The number of hydrogen-bond donors (Lipinski definition) is 1. The molecule has 0 unspecified atom stereocenters. The molecule has 0 spiro atoms. The Hall–Kier alpha value is -2.37. The summed E-state index contributed by atoms with van der Waals surface area (Å²) < 4.78 is 4.67. The minimum atomic E-state index is -0.484. The third-order valence-corrected chi connectivity index (χ3v) is 3.86. The second-order valence-corrected chi connectivity index (χ2v) is 5.39. The fourth-order valence-corrected chi connectivity index (χ4v) is 2.78. The van der Waals surface area contributed by atoms with Gasteiger partial charge in [0, 0.05) is 24.6 Å². The molecule has 118 valence electrons. The summed E-state index contributed by atoms with van der Waals surface area (Å²) in [4.78, 5) is 37.1. The molecular weight excluding hydrogens is 284 g/mol. The number of amides is 2. The van der Waals surface area contributed by atoms with Crippen LogP contribution in [0, 0.1) is 0 Å². The molecule has 1 saturated heterocycles. The lowest BCUT2D eigenvalue weighted by Gasteiger charge is -2.35. The van der Waals surface area contributed by atoms with Crippen molar-refractivity contribution in [1.82, 2.24) is 4.90 Å². The van der Waals surface area contributed by atoms with Crippen LogP contribution in [0.4, 0.5) is 0 Å². The van der Waals surface area contributed by atoms with Crippen LogP contribution in [0.3, 0.4) is 0 Å². The van der Waals surface area contributed by atoms with Crippen molar-refractivity contribution in [3.05, 3.63) is 35.4 Å². The van der Waals surface area contributed by atoms with Gasteiger partial charge >= 0.3 is 5.97 Å². The van der Waals surface area contributed by atoms with Gasteiger partial charge in [-0.05, 0) is 37.5 Å². The number of esters is 1. The van der Waals surface area contributed by atoms with Crippen LogP contribution in [-0.2, 0) is 9.53 Å². The Morgan fingerprint density at radius 1 is 1.27 bits per heavy atom. The SMILES string of the molecule is COC(=O)c1cccc(C(=O)N2CCCC[C@H]2CC(N)=O)c1. The monoisotopic (exact) mass is 304 g/mol. The van der Waals surface area contributed by atoms with Crippen molar-refractivity contribution in [3.63, 3.8) is 0 Å². The van der Waals surface area contributed by atoms with Crippen LogP contribution in [-0.4, -0.2) is 42.4 Å². The summed E-state index contributed by atoms with van der Waals surface area (Å²) in [6.45, 7) is 0.596. The Morgan fingerprint density at radius 2 is 2.00 bits per heavy atom. The lowest BCUT2D eigenvalue weighted by molar-refractivity contribution is -0.119. The Bertz CT molecular complexity index is 585. The van der Waals surface area contributed by atoms with Gasteiger partial charge in [0.05, 0.1) is 12.7 Å². The van der Waals surface area contributed by atoms with Crippen molar-refractivity contribution in [3.8, 4) is 0 Å². The van der Waals surface area contributed by atoms with E-state index in [1.165, 1.54) is 13.2 Å². The summed E-state index contributed by atoms with van der Waals surface area (Å²) in [6.07, 6.45) is 2.81. The molecule has 2 rings (SSSR count). The van der Waals surface area contributed by atoms with Gasteiger partial charge < -0.3 is 15.4 Å². The maximum absolute atomic E-state index is 12.7. The molecule has 1 aliphatic rings. The van der Waals surface area contributed by atoms with E-state index in [9.17, 15) is 14.4 Å². The summed E-state index contributed by atoms with van der Waals surface area (Å²) in [5.74, 6) is -1.08. The first kappa shape index (κ1) is 16.0. The molecular formula is C16H20N2O4. The number of benzene rings is 1. The molecule has 6 heteroatoms. The van der Waals surface area contributed by atoms with E-state index in [-0.39, 0.29) is 18.4 Å². The average Bonchev–Trinajstić information content (AvgIpc) is 2.53. The highest BCUT2D eigenvalue weighted by atomic mass is 16.5. The summed E-state index contributed by atoms with van der Waals surface area (Å²) in [5.41, 5.74) is 6.01. The van der Waals surface area contributed by atoms with Crippen LogP contribution in [0.15, 0.2) is 24.3 Å². The largest absolute Gasteiger partial charge is 0.465 e. The molecule has 1 aromatic rings. The van der Waals surface area contributed by atoms with E-state index in [4.69, 9.17) is 5.73 Å². The molecule has 1 atom stereocenters. The maximum Gasteiger partial charge on any atom is 0.337 e. The van der Waals surface area contributed by atoms with Gasteiger partial charge in [-0.3, -0.25) is 9.59 Å². The molecule has 0 aromatic heterocycles. The summed E-state index contributed by atoms with van der Waals surface area (Å²) >= 11 is 0. The topological polar surface area (TPSA) is 89.7 Å². The van der Waals surface area contributed by atoms with Gasteiger partial charge in [-0.15, -0.1) is 0 Å². The summed E-state index contributed by atoms with van der Waals surface area (Å²) in [6, 6.07) is 6.25. The molecule has 1 heterocycles. The zero-order chi connectivity index (χ0) is 16.1. The number of nitrogens with zero attached hydrogens (tertiary/aromatic N) is 1. The highest BCUT2D eigenvalue weighted by Crippen LogP contribution is 2.22. The van der Waals surface area contributed by atoms with Gasteiger partial charge in [-0.1, -0.05) is 6.07 Å². The molecule has 1 fully saturated rings. The Morgan fingerprint density at radius 3 is 2.68 bits per heavy atom. The van der Waals surface area contributed by atoms with E-state index in [2.05, 4.69) is 4.74 Å². The summed E-state index contributed by atoms with van der Waals surface area (Å²) in [5, 5.41) is 0. The van der Waals surface area contributed by atoms with Crippen LogP contribution in [0.1, 0.15) is 46.4 Å². The predicted octanol–water partition coefficient (Wildman–Crippen LogP) is 1.34. The molecule has 2 amide bonds. The molecule has 6 nitrogen and oxygen atoms in total. The minimum Gasteiger partial charge on any atom is -0.465 e. The van der Waals surface area contributed by atoms with Gasteiger partial charge in [-0.25, -0.2) is 4.79 Å². The number of rotatable bonds is 4. The number of nitrogens with two attached hydrogens (primary N) is 1. The minimum absolute atomic E-state index is 0.166. The van der Waals surface area contributed by atoms with Crippen LogP contribution < -0.4 is 5.73 Å². The van der Waals surface area contributed by atoms with Crippen LogP contribution in [0.5, 0.6) is 0 Å². The number of hydrogen-bond acceptors (Lipinski definition) is 4. The molecule has 2 N–H and O–H groups in total. The highest BCUT2D eigenvalue weighted by Gasteiger charge is 2.28. The fourth-order valence-electron chi connectivity index (χ4n) is 2.78. The molecule has 0 bridgehead atoms. The third-order valence-electron chi connectivity index (χ3n) is 3.86. The molecule has 22 heavy (non-hydrogen) atoms. The highest BCUT2D eigenvalue weighted by molar-refractivity contribution is 5.98. The molecule has 0 saturated carbocycles. The van der Waals surface area contributed by atoms with E-state index in [1.807, 2.05) is 0 Å². The van der Waals surface area contributed by atoms with Crippen LogP contribution in [0.25, 0.3) is 0 Å². The molecule has 0 aliphatic carbocycles. The average molecular weight is 304 g/mol. The molecule has 1 aromatic carbocycles. The Kier molecular flexibility index (Phi) is 5.14. The first-order valence-corrected chi connectivity index (χ1v) is 7.30. The van der Waals surface area contributed by atoms with Crippen molar-refractivity contribution in [2.45, 2.75) is 31.7 Å². The van der Waals surface area contributed by atoms with Gasteiger partial charge in [0.25, 0.3) is 5.91 Å². The second-order valence-electron chi connectivity index (χ2n) is 5.39. The van der Waals surface area contributed by atoms with Crippen molar-refractivity contribution in [2.75, 3.05) is 13.7 Å². The Balaban J connectivity index is 2.21. The van der Waals surface area contributed by atoms with E-state index in [0.29, 0.717) is 17.7 Å². The number of primary amides is 1. The smallest absolute Gasteiger partial charge is 0.337 e. The zero-order valence-corrected chi connectivity index (χ0v) is 12.6. The van der Waals surface area contributed by atoms with Crippen molar-refractivity contribution >= 4 is 17.8 Å². The second kappa shape index (κ2) is 7.06. The molecule has 1 aliphatic heterocycles. The number of carbonyl (C=O) groups excluding carboxylic acids is 3. The van der Waals surface area contributed by atoms with Crippen molar-refractivity contribution in [2.24, 2.45) is 5.73 Å². The number of carbonyl (C=O) groups is 3. The van der Waals surface area contributed by atoms with Crippen molar-refractivity contribution < 1.29 is 19.1 Å². The number of likely N-dealkylation sites (tertiary alicyclic amines) is 1. The van der Waals surface area contributed by atoms with Crippen molar-refractivity contribution in [1.29, 1.82) is 0 Å². The van der Waals surface area contributed by atoms with Gasteiger partial charge in [0.1, 0.15) is 0 Å². The predicted molar refractivity (Wildman–Crippen MR) is 80.3 cm³/mol. The van der Waals surface area contributed by atoms with Gasteiger partial charge in [0.15, 0.2) is 0 Å². The maximum atomic E-state index is 12.7. The normalized spacial score (nSPS) is 17.9. The van der Waals surface area contributed by atoms with Crippen LogP contribution >= 0.6 is 0 Å². The van der Waals surface area contributed by atoms with E-state index in [1.54, 1.807) is 23.1 Å². The van der Waals surface area contributed by atoms with Gasteiger partial charge in [-0.2, -0.15) is 0 Å². The number of ether oxygens (including phenoxy) is 1. The molecule has 0 radical (unpaired) electrons. The lowest BCUT2D eigenvalue weighted by atomic mass is 9.97.